The van der Waals surface area contributed by atoms with Gasteiger partial charge in [0.05, 0.1) is 6.04 Å². The molecule has 0 aliphatic rings. The Kier molecular flexibility index (Phi) is 6.48. The zero-order valence-corrected chi connectivity index (χ0v) is 18.1. The highest BCUT2D eigenvalue weighted by Gasteiger charge is 2.40. The van der Waals surface area contributed by atoms with E-state index in [1.54, 1.807) is 6.21 Å². The standard InChI is InChI=1S/C29H27NO2/c1-22-12-11-15-24(28(22)31)21-30-27(20-23-13-5-2-6-14-23)29(32,25-16-7-3-8-17-25)26-18-9-4-10-19-26/h2-19,21,27,31-32H,20H2,1H3/t27-/m0/s1. The number of phenols is 1. The Morgan fingerprint density at radius 1 is 0.750 bits per heavy atom. The Labute approximate surface area is 189 Å². The minimum atomic E-state index is -1.35. The van der Waals surface area contributed by atoms with Gasteiger partial charge < -0.3 is 10.2 Å². The highest BCUT2D eigenvalue weighted by Crippen LogP contribution is 2.36. The summed E-state index contributed by atoms with van der Waals surface area (Å²) in [4.78, 5) is 4.88. The van der Waals surface area contributed by atoms with Crippen LogP contribution in [0.3, 0.4) is 0 Å². The minimum absolute atomic E-state index is 0.206. The Morgan fingerprint density at radius 2 is 1.28 bits per heavy atom. The fraction of sp³-hybridized carbons (Fsp3) is 0.138. The molecule has 0 saturated heterocycles. The monoisotopic (exact) mass is 421 g/mol. The summed E-state index contributed by atoms with van der Waals surface area (Å²) in [6, 6.07) is 34.5. The molecule has 0 aliphatic carbocycles. The van der Waals surface area contributed by atoms with Crippen LogP contribution in [0.15, 0.2) is 114 Å². The van der Waals surface area contributed by atoms with Crippen LogP contribution in [-0.2, 0) is 12.0 Å². The molecule has 0 radical (unpaired) electrons. The Hall–Kier alpha value is -3.69. The van der Waals surface area contributed by atoms with Crippen molar-refractivity contribution in [2.45, 2.75) is 25.0 Å². The SMILES string of the molecule is Cc1cccc(C=N[C@@H](Cc2ccccc2)C(O)(c2ccccc2)c2ccccc2)c1O. The van der Waals surface area contributed by atoms with E-state index >= 15 is 0 Å². The zero-order valence-electron chi connectivity index (χ0n) is 18.1. The molecule has 0 bridgehead atoms. The second-order valence-corrected chi connectivity index (χ2v) is 7.99. The van der Waals surface area contributed by atoms with Gasteiger partial charge in [0.1, 0.15) is 11.4 Å². The molecule has 3 nitrogen and oxygen atoms in total. The lowest BCUT2D eigenvalue weighted by atomic mass is 9.78. The summed E-state index contributed by atoms with van der Waals surface area (Å²) in [5, 5.41) is 22.8. The number of hydrogen-bond acceptors (Lipinski definition) is 3. The van der Waals surface area contributed by atoms with Crippen LogP contribution in [0.5, 0.6) is 5.75 Å². The smallest absolute Gasteiger partial charge is 0.137 e. The van der Waals surface area contributed by atoms with E-state index in [2.05, 4.69) is 0 Å². The maximum Gasteiger partial charge on any atom is 0.137 e. The molecule has 3 heteroatoms. The Balaban J connectivity index is 1.85. The number of aromatic hydroxyl groups is 1. The number of para-hydroxylation sites is 1. The Morgan fingerprint density at radius 3 is 1.84 bits per heavy atom. The van der Waals surface area contributed by atoms with Crippen LogP contribution in [0.4, 0.5) is 0 Å². The van der Waals surface area contributed by atoms with Crippen molar-refractivity contribution in [1.82, 2.24) is 0 Å². The fourth-order valence-electron chi connectivity index (χ4n) is 4.04. The van der Waals surface area contributed by atoms with Gasteiger partial charge in [-0.25, -0.2) is 0 Å². The highest BCUT2D eigenvalue weighted by molar-refractivity contribution is 5.84. The molecule has 4 aromatic rings. The third kappa shape index (κ3) is 4.48. The number of aryl methyl sites for hydroxylation is 1. The van der Waals surface area contributed by atoms with Crippen molar-refractivity contribution in [3.63, 3.8) is 0 Å². The van der Waals surface area contributed by atoms with Crippen molar-refractivity contribution in [2.75, 3.05) is 0 Å². The maximum absolute atomic E-state index is 12.3. The molecule has 32 heavy (non-hydrogen) atoms. The van der Waals surface area contributed by atoms with Crippen LogP contribution in [0.1, 0.15) is 27.8 Å². The van der Waals surface area contributed by atoms with Gasteiger partial charge in [-0.05, 0) is 41.7 Å². The predicted octanol–water partition coefficient (Wildman–Crippen LogP) is 5.67. The first-order chi connectivity index (χ1) is 15.6. The third-order valence-corrected chi connectivity index (χ3v) is 5.84. The largest absolute Gasteiger partial charge is 0.507 e. The van der Waals surface area contributed by atoms with Crippen LogP contribution < -0.4 is 0 Å². The number of benzene rings is 4. The average molecular weight is 422 g/mol. The lowest BCUT2D eigenvalue weighted by molar-refractivity contribution is 0.0528. The molecule has 0 heterocycles. The van der Waals surface area contributed by atoms with E-state index in [0.29, 0.717) is 12.0 Å². The van der Waals surface area contributed by atoms with E-state index in [-0.39, 0.29) is 5.75 Å². The van der Waals surface area contributed by atoms with Gasteiger partial charge in [0.25, 0.3) is 0 Å². The lowest BCUT2D eigenvalue weighted by Gasteiger charge is -2.35. The van der Waals surface area contributed by atoms with Gasteiger partial charge in [-0.1, -0.05) is 103 Å². The number of nitrogens with zero attached hydrogens (tertiary/aromatic N) is 1. The average Bonchev–Trinajstić information content (AvgIpc) is 2.85. The number of phenolic OH excluding ortho intramolecular Hbond substituents is 1. The lowest BCUT2D eigenvalue weighted by Crippen LogP contribution is -2.41. The van der Waals surface area contributed by atoms with Gasteiger partial charge in [-0.2, -0.15) is 0 Å². The van der Waals surface area contributed by atoms with Crippen molar-refractivity contribution in [3.8, 4) is 5.75 Å². The van der Waals surface area contributed by atoms with E-state index in [1.165, 1.54) is 0 Å². The molecule has 4 rings (SSSR count). The quantitative estimate of drug-likeness (QED) is 0.378. The number of rotatable bonds is 7. The summed E-state index contributed by atoms with van der Waals surface area (Å²) in [5.74, 6) is 0.206. The first kappa shape index (κ1) is 21.5. The normalized spacial score (nSPS) is 12.7. The van der Waals surface area contributed by atoms with Gasteiger partial charge >= 0.3 is 0 Å². The molecule has 1 atom stereocenters. The van der Waals surface area contributed by atoms with E-state index in [4.69, 9.17) is 4.99 Å². The highest BCUT2D eigenvalue weighted by atomic mass is 16.3. The van der Waals surface area contributed by atoms with Gasteiger partial charge in [0.15, 0.2) is 0 Å². The zero-order chi connectivity index (χ0) is 22.4. The van der Waals surface area contributed by atoms with Crippen LogP contribution >= 0.6 is 0 Å². The summed E-state index contributed by atoms with van der Waals surface area (Å²) in [6.45, 7) is 1.86. The molecule has 0 spiro atoms. The molecule has 0 amide bonds. The molecule has 160 valence electrons. The number of aliphatic hydroxyl groups is 1. The summed E-state index contributed by atoms with van der Waals surface area (Å²) in [7, 11) is 0. The summed E-state index contributed by atoms with van der Waals surface area (Å²) in [5.41, 5.74) is 2.69. The van der Waals surface area contributed by atoms with Crippen LogP contribution in [0.25, 0.3) is 0 Å². The van der Waals surface area contributed by atoms with Gasteiger partial charge in [-0.3, -0.25) is 4.99 Å². The molecular weight excluding hydrogens is 394 g/mol. The fourth-order valence-corrected chi connectivity index (χ4v) is 4.04. The third-order valence-electron chi connectivity index (χ3n) is 5.84. The summed E-state index contributed by atoms with van der Waals surface area (Å²) >= 11 is 0. The second kappa shape index (κ2) is 9.63. The van der Waals surface area contributed by atoms with Crippen LogP contribution in [-0.4, -0.2) is 22.5 Å². The van der Waals surface area contributed by atoms with E-state index in [9.17, 15) is 10.2 Å². The summed E-state index contributed by atoms with van der Waals surface area (Å²) in [6.07, 6.45) is 2.21. The van der Waals surface area contributed by atoms with E-state index in [1.807, 2.05) is 116 Å². The number of hydrogen-bond donors (Lipinski definition) is 2. The van der Waals surface area contributed by atoms with Crippen molar-refractivity contribution >= 4 is 6.21 Å². The van der Waals surface area contributed by atoms with Crippen molar-refractivity contribution in [1.29, 1.82) is 0 Å². The minimum Gasteiger partial charge on any atom is -0.507 e. The maximum atomic E-state index is 12.3. The van der Waals surface area contributed by atoms with E-state index < -0.39 is 11.6 Å². The molecule has 0 aromatic heterocycles. The number of aliphatic imine (C=N–C) groups is 1. The van der Waals surface area contributed by atoms with Gasteiger partial charge in [-0.15, -0.1) is 0 Å². The molecule has 4 aromatic carbocycles. The first-order valence-electron chi connectivity index (χ1n) is 10.8. The topological polar surface area (TPSA) is 52.8 Å². The van der Waals surface area contributed by atoms with Crippen LogP contribution in [0, 0.1) is 6.92 Å². The van der Waals surface area contributed by atoms with E-state index in [0.717, 1.165) is 22.3 Å². The second-order valence-electron chi connectivity index (χ2n) is 7.99. The predicted molar refractivity (Wildman–Crippen MR) is 130 cm³/mol. The van der Waals surface area contributed by atoms with Crippen molar-refractivity contribution < 1.29 is 10.2 Å². The van der Waals surface area contributed by atoms with Crippen molar-refractivity contribution in [3.05, 3.63) is 137 Å². The first-order valence-corrected chi connectivity index (χ1v) is 10.8. The summed E-state index contributed by atoms with van der Waals surface area (Å²) < 4.78 is 0. The van der Waals surface area contributed by atoms with Gasteiger partial charge in [0.2, 0.25) is 0 Å². The molecule has 0 unspecified atom stereocenters. The van der Waals surface area contributed by atoms with Crippen molar-refractivity contribution in [2.24, 2.45) is 4.99 Å². The molecule has 0 saturated carbocycles. The Bertz CT molecular complexity index is 1130. The van der Waals surface area contributed by atoms with Gasteiger partial charge in [0, 0.05) is 11.8 Å². The molecular formula is C29H27NO2. The molecule has 2 N–H and O–H groups in total. The molecule has 0 fully saturated rings. The molecule has 0 aliphatic heterocycles. The van der Waals surface area contributed by atoms with Crippen LogP contribution in [0.2, 0.25) is 0 Å².